The van der Waals surface area contributed by atoms with E-state index >= 15 is 0 Å². The number of hydrogen-bond donors (Lipinski definition) is 1. The van der Waals surface area contributed by atoms with E-state index in [4.69, 9.17) is 4.74 Å². The second-order valence-electron chi connectivity index (χ2n) is 5.68. The van der Waals surface area contributed by atoms with E-state index in [2.05, 4.69) is 15.3 Å². The van der Waals surface area contributed by atoms with E-state index in [1.165, 1.54) is 0 Å². The summed E-state index contributed by atoms with van der Waals surface area (Å²) < 4.78 is 7.47. The third-order valence-corrected chi connectivity index (χ3v) is 3.85. The van der Waals surface area contributed by atoms with Crippen LogP contribution in [0.3, 0.4) is 0 Å². The number of ether oxygens (including phenoxy) is 1. The van der Waals surface area contributed by atoms with Crippen LogP contribution in [0.2, 0.25) is 0 Å². The first-order chi connectivity index (χ1) is 12.2. The molecule has 1 N–H and O–H groups in total. The van der Waals surface area contributed by atoms with E-state index in [1.54, 1.807) is 29.5 Å². The minimum absolute atomic E-state index is 0.0680. The fourth-order valence-corrected chi connectivity index (χ4v) is 2.34. The zero-order valence-electron chi connectivity index (χ0n) is 14.0. The molecule has 0 saturated heterocycles. The Morgan fingerprint density at radius 1 is 1.20 bits per heavy atom. The van der Waals surface area contributed by atoms with Crippen molar-refractivity contribution in [3.8, 4) is 5.88 Å². The topological polar surface area (TPSA) is 69.0 Å². The highest BCUT2D eigenvalue weighted by atomic mass is 16.5. The zero-order chi connectivity index (χ0) is 17.5. The summed E-state index contributed by atoms with van der Waals surface area (Å²) in [6.45, 7) is 2.71. The molecule has 1 amide bonds. The Labute approximate surface area is 146 Å². The summed E-state index contributed by atoms with van der Waals surface area (Å²) in [6.07, 6.45) is 6.74. The van der Waals surface area contributed by atoms with Gasteiger partial charge < -0.3 is 14.6 Å². The monoisotopic (exact) mass is 336 g/mol. The second-order valence-corrected chi connectivity index (χ2v) is 5.68. The van der Waals surface area contributed by atoms with Crippen molar-refractivity contribution in [2.75, 3.05) is 0 Å². The van der Waals surface area contributed by atoms with E-state index in [1.807, 2.05) is 49.4 Å². The molecule has 0 aliphatic carbocycles. The van der Waals surface area contributed by atoms with E-state index in [0.29, 0.717) is 19.0 Å². The van der Waals surface area contributed by atoms with Crippen LogP contribution in [0.15, 0.2) is 67.4 Å². The third-order valence-electron chi connectivity index (χ3n) is 3.85. The third kappa shape index (κ3) is 4.67. The van der Waals surface area contributed by atoms with Crippen molar-refractivity contribution in [3.05, 3.63) is 78.5 Å². The normalized spacial score (nSPS) is 11.7. The van der Waals surface area contributed by atoms with Crippen molar-refractivity contribution in [2.45, 2.75) is 26.1 Å². The van der Waals surface area contributed by atoms with Crippen molar-refractivity contribution in [2.24, 2.45) is 0 Å². The largest absolute Gasteiger partial charge is 0.473 e. The fourth-order valence-electron chi connectivity index (χ4n) is 2.34. The maximum atomic E-state index is 12.2. The Morgan fingerprint density at radius 3 is 2.80 bits per heavy atom. The van der Waals surface area contributed by atoms with Gasteiger partial charge in [-0.25, -0.2) is 9.97 Å². The highest BCUT2D eigenvalue weighted by Gasteiger charge is 2.13. The zero-order valence-corrected chi connectivity index (χ0v) is 14.0. The number of carbonyl (C=O) groups excluding carboxylic acids is 1. The molecule has 25 heavy (non-hydrogen) atoms. The number of nitrogens with one attached hydrogen (secondary N) is 1. The molecule has 0 radical (unpaired) electrons. The van der Waals surface area contributed by atoms with Gasteiger partial charge in [-0.1, -0.05) is 30.3 Å². The standard InChI is InChI=1S/C19H20N4O2/c1-15(23-10-9-20-14-23)19(24)22-12-17-7-8-21-18(11-17)25-13-16-5-3-2-4-6-16/h2-11,14-15H,12-13H2,1H3,(H,22,24). The molecule has 1 aromatic carbocycles. The number of amides is 1. The van der Waals surface area contributed by atoms with Gasteiger partial charge in [0.05, 0.1) is 6.33 Å². The lowest BCUT2D eigenvalue weighted by Crippen LogP contribution is -2.30. The molecule has 1 atom stereocenters. The van der Waals surface area contributed by atoms with Gasteiger partial charge in [-0.05, 0) is 24.1 Å². The number of hydrogen-bond acceptors (Lipinski definition) is 4. The van der Waals surface area contributed by atoms with E-state index in [0.717, 1.165) is 11.1 Å². The van der Waals surface area contributed by atoms with E-state index < -0.39 is 0 Å². The molecular formula is C19H20N4O2. The molecule has 3 rings (SSSR count). The molecule has 1 unspecified atom stereocenters. The van der Waals surface area contributed by atoms with Crippen LogP contribution in [0.4, 0.5) is 0 Å². The highest BCUT2D eigenvalue weighted by molar-refractivity contribution is 5.79. The van der Waals surface area contributed by atoms with Crippen LogP contribution >= 0.6 is 0 Å². The molecule has 2 heterocycles. The quantitative estimate of drug-likeness (QED) is 0.720. The Hall–Kier alpha value is -3.15. The Bertz CT molecular complexity index is 803. The van der Waals surface area contributed by atoms with Crippen LogP contribution in [0.5, 0.6) is 5.88 Å². The molecule has 6 heteroatoms. The number of aromatic nitrogens is 3. The summed E-state index contributed by atoms with van der Waals surface area (Å²) in [5.41, 5.74) is 2.02. The molecule has 0 fully saturated rings. The lowest BCUT2D eigenvalue weighted by Gasteiger charge is -2.13. The van der Waals surface area contributed by atoms with Gasteiger partial charge in [0, 0.05) is 31.2 Å². The van der Waals surface area contributed by atoms with Crippen LogP contribution < -0.4 is 10.1 Å². The van der Waals surface area contributed by atoms with Gasteiger partial charge in [-0.3, -0.25) is 4.79 Å². The second kappa shape index (κ2) is 8.10. The minimum Gasteiger partial charge on any atom is -0.473 e. The smallest absolute Gasteiger partial charge is 0.243 e. The number of rotatable bonds is 7. The van der Waals surface area contributed by atoms with E-state index in [-0.39, 0.29) is 11.9 Å². The summed E-state index contributed by atoms with van der Waals surface area (Å²) in [5.74, 6) is 0.472. The number of nitrogens with zero attached hydrogens (tertiary/aromatic N) is 3. The molecule has 0 aliphatic rings. The molecule has 0 bridgehead atoms. The molecule has 0 saturated carbocycles. The average molecular weight is 336 g/mol. The Kier molecular flexibility index (Phi) is 5.41. The Morgan fingerprint density at radius 2 is 2.04 bits per heavy atom. The summed E-state index contributed by atoms with van der Waals surface area (Å²) in [4.78, 5) is 20.4. The number of benzene rings is 1. The van der Waals surface area contributed by atoms with Gasteiger partial charge in [0.1, 0.15) is 12.6 Å². The Balaban J connectivity index is 1.54. The lowest BCUT2D eigenvalue weighted by molar-refractivity contribution is -0.124. The van der Waals surface area contributed by atoms with E-state index in [9.17, 15) is 4.79 Å². The fraction of sp³-hybridized carbons (Fsp3) is 0.211. The van der Waals surface area contributed by atoms with Crippen molar-refractivity contribution in [3.63, 3.8) is 0 Å². The van der Waals surface area contributed by atoms with Crippen LogP contribution in [0.1, 0.15) is 24.1 Å². The first kappa shape index (κ1) is 16.7. The van der Waals surface area contributed by atoms with Crippen LogP contribution in [0.25, 0.3) is 0 Å². The van der Waals surface area contributed by atoms with Crippen LogP contribution in [-0.4, -0.2) is 20.4 Å². The molecular weight excluding hydrogens is 316 g/mol. The van der Waals surface area contributed by atoms with Crippen LogP contribution in [-0.2, 0) is 17.9 Å². The summed E-state index contributed by atoms with van der Waals surface area (Å²) >= 11 is 0. The van der Waals surface area contributed by atoms with Gasteiger partial charge in [-0.2, -0.15) is 0 Å². The van der Waals surface area contributed by atoms with Gasteiger partial charge >= 0.3 is 0 Å². The van der Waals surface area contributed by atoms with Gasteiger partial charge in [0.15, 0.2) is 0 Å². The molecule has 6 nitrogen and oxygen atoms in total. The van der Waals surface area contributed by atoms with Gasteiger partial charge in [-0.15, -0.1) is 0 Å². The SMILES string of the molecule is CC(C(=O)NCc1ccnc(OCc2ccccc2)c1)n1ccnc1. The molecule has 0 spiro atoms. The molecule has 0 aliphatic heterocycles. The predicted molar refractivity (Wildman–Crippen MR) is 93.8 cm³/mol. The van der Waals surface area contributed by atoms with Gasteiger partial charge in [0.25, 0.3) is 0 Å². The first-order valence-electron chi connectivity index (χ1n) is 8.09. The van der Waals surface area contributed by atoms with Gasteiger partial charge in [0.2, 0.25) is 11.8 Å². The molecule has 2 aromatic heterocycles. The van der Waals surface area contributed by atoms with Crippen LogP contribution in [0, 0.1) is 0 Å². The molecule has 3 aromatic rings. The number of pyridine rings is 1. The average Bonchev–Trinajstić information content (AvgIpc) is 3.20. The maximum absolute atomic E-state index is 12.2. The number of carbonyl (C=O) groups is 1. The number of imidazole rings is 1. The first-order valence-corrected chi connectivity index (χ1v) is 8.09. The maximum Gasteiger partial charge on any atom is 0.243 e. The van der Waals surface area contributed by atoms with Crippen molar-refractivity contribution in [1.82, 2.24) is 19.9 Å². The highest BCUT2D eigenvalue weighted by Crippen LogP contribution is 2.12. The lowest BCUT2D eigenvalue weighted by atomic mass is 10.2. The summed E-state index contributed by atoms with van der Waals surface area (Å²) in [6, 6.07) is 13.3. The predicted octanol–water partition coefficient (Wildman–Crippen LogP) is 2.73. The summed E-state index contributed by atoms with van der Waals surface area (Å²) in [5, 5.41) is 2.92. The summed E-state index contributed by atoms with van der Waals surface area (Å²) in [7, 11) is 0. The minimum atomic E-state index is -0.307. The van der Waals surface area contributed by atoms with Crippen molar-refractivity contribution < 1.29 is 9.53 Å². The molecule has 128 valence electrons. The van der Waals surface area contributed by atoms with Crippen molar-refractivity contribution in [1.29, 1.82) is 0 Å². The van der Waals surface area contributed by atoms with Crippen molar-refractivity contribution >= 4 is 5.91 Å².